The van der Waals surface area contributed by atoms with Crippen molar-refractivity contribution >= 4 is 23.2 Å². The average Bonchev–Trinajstić information content (AvgIpc) is 3.09. The van der Waals surface area contributed by atoms with Gasteiger partial charge in [0.05, 0.1) is 0 Å². The third-order valence-corrected chi connectivity index (χ3v) is 4.67. The minimum atomic E-state index is 0.0141. The Balaban J connectivity index is 1.52. The van der Waals surface area contributed by atoms with Gasteiger partial charge in [-0.2, -0.15) is 0 Å². The van der Waals surface area contributed by atoms with Crippen LogP contribution in [0.1, 0.15) is 29.9 Å². The predicted molar refractivity (Wildman–Crippen MR) is 95.1 cm³/mol. The molecule has 120 valence electrons. The maximum absolute atomic E-state index is 12.1. The first-order valence-electron chi connectivity index (χ1n) is 8.06. The molecule has 3 rings (SSSR count). The van der Waals surface area contributed by atoms with Crippen molar-refractivity contribution < 1.29 is 4.79 Å². The summed E-state index contributed by atoms with van der Waals surface area (Å²) in [5, 5.41) is 7.04. The zero-order valence-electron chi connectivity index (χ0n) is 13.0. The molecular weight excluding hydrogens is 308 g/mol. The van der Waals surface area contributed by atoms with Crippen molar-refractivity contribution in [1.82, 2.24) is 5.32 Å². The zero-order chi connectivity index (χ0) is 16.1. The summed E-state index contributed by atoms with van der Waals surface area (Å²) < 4.78 is 0. The molecule has 2 N–H and O–H groups in total. The van der Waals surface area contributed by atoms with Crippen molar-refractivity contribution in [3.63, 3.8) is 0 Å². The molecule has 1 amide bonds. The molecule has 23 heavy (non-hydrogen) atoms. The average molecular weight is 329 g/mol. The van der Waals surface area contributed by atoms with Gasteiger partial charge in [-0.25, -0.2) is 0 Å². The van der Waals surface area contributed by atoms with E-state index in [0.717, 1.165) is 29.4 Å². The molecule has 0 saturated carbocycles. The second-order valence-corrected chi connectivity index (χ2v) is 6.36. The summed E-state index contributed by atoms with van der Waals surface area (Å²) in [6.07, 6.45) is 2.26. The smallest absolute Gasteiger partial charge is 0.224 e. The maximum Gasteiger partial charge on any atom is 0.224 e. The third-order valence-electron chi connectivity index (χ3n) is 4.31. The summed E-state index contributed by atoms with van der Waals surface area (Å²) in [4.78, 5) is 12.1. The van der Waals surface area contributed by atoms with Crippen molar-refractivity contribution in [2.75, 3.05) is 18.4 Å². The Morgan fingerprint density at radius 1 is 1.17 bits per heavy atom. The van der Waals surface area contributed by atoms with Gasteiger partial charge in [0.15, 0.2) is 0 Å². The number of carbonyl (C=O) groups excluding carboxylic acids is 1. The summed E-state index contributed by atoms with van der Waals surface area (Å²) in [6.45, 7) is 2.13. The summed E-state index contributed by atoms with van der Waals surface area (Å²) in [5.41, 5.74) is 3.20. The zero-order valence-corrected chi connectivity index (χ0v) is 13.8. The lowest BCUT2D eigenvalue weighted by atomic mass is 9.98. The third kappa shape index (κ3) is 4.34. The monoisotopic (exact) mass is 328 g/mol. The van der Waals surface area contributed by atoms with E-state index in [1.54, 1.807) is 0 Å². The minimum Gasteiger partial charge on any atom is -0.326 e. The van der Waals surface area contributed by atoms with Crippen LogP contribution in [-0.2, 0) is 11.2 Å². The number of aryl methyl sites for hydroxylation is 1. The van der Waals surface area contributed by atoms with E-state index in [9.17, 15) is 4.79 Å². The van der Waals surface area contributed by atoms with Crippen LogP contribution in [-0.4, -0.2) is 19.0 Å². The van der Waals surface area contributed by atoms with Gasteiger partial charge in [0.1, 0.15) is 0 Å². The van der Waals surface area contributed by atoms with Gasteiger partial charge in [-0.1, -0.05) is 41.9 Å². The van der Waals surface area contributed by atoms with Crippen LogP contribution in [0.25, 0.3) is 0 Å². The number of carbonyl (C=O) groups is 1. The minimum absolute atomic E-state index is 0.0141. The van der Waals surface area contributed by atoms with Crippen LogP contribution in [0.2, 0.25) is 5.02 Å². The summed E-state index contributed by atoms with van der Waals surface area (Å²) >= 11 is 6.11. The number of hydrogen-bond donors (Lipinski definition) is 2. The summed E-state index contributed by atoms with van der Waals surface area (Å²) in [7, 11) is 0. The number of halogens is 1. The van der Waals surface area contributed by atoms with Crippen LogP contribution in [0.5, 0.6) is 0 Å². The first-order valence-corrected chi connectivity index (χ1v) is 8.44. The molecule has 1 saturated heterocycles. The van der Waals surface area contributed by atoms with Crippen LogP contribution < -0.4 is 10.6 Å². The van der Waals surface area contributed by atoms with E-state index in [-0.39, 0.29) is 5.91 Å². The summed E-state index contributed by atoms with van der Waals surface area (Å²) in [5.74, 6) is 0.611. The van der Waals surface area contributed by atoms with Gasteiger partial charge in [0.2, 0.25) is 5.91 Å². The molecule has 1 aliphatic rings. The van der Waals surface area contributed by atoms with Crippen LogP contribution in [0.3, 0.4) is 0 Å². The number of benzene rings is 2. The van der Waals surface area contributed by atoms with Crippen molar-refractivity contribution in [3.05, 3.63) is 64.7 Å². The number of nitrogens with one attached hydrogen (secondary N) is 2. The molecule has 1 heterocycles. The van der Waals surface area contributed by atoms with Crippen LogP contribution >= 0.6 is 11.6 Å². The molecule has 4 heteroatoms. The van der Waals surface area contributed by atoms with Crippen molar-refractivity contribution in [1.29, 1.82) is 0 Å². The molecule has 0 unspecified atom stereocenters. The van der Waals surface area contributed by atoms with Gasteiger partial charge in [-0.05, 0) is 54.6 Å². The molecule has 2 aromatic rings. The highest BCUT2D eigenvalue weighted by Crippen LogP contribution is 2.23. The highest BCUT2D eigenvalue weighted by molar-refractivity contribution is 6.31. The van der Waals surface area contributed by atoms with E-state index in [2.05, 4.69) is 22.8 Å². The van der Waals surface area contributed by atoms with Gasteiger partial charge >= 0.3 is 0 Å². The molecular formula is C19H21ClN2O. The molecule has 1 aliphatic heterocycles. The van der Waals surface area contributed by atoms with Gasteiger partial charge < -0.3 is 10.6 Å². The maximum atomic E-state index is 12.1. The Morgan fingerprint density at radius 2 is 1.96 bits per heavy atom. The fourth-order valence-electron chi connectivity index (χ4n) is 2.95. The number of anilines is 1. The molecule has 0 spiro atoms. The Kier molecular flexibility index (Phi) is 5.31. The Morgan fingerprint density at radius 3 is 2.65 bits per heavy atom. The standard InChI is InChI=1S/C19H21ClN2O/c20-18-4-2-1-3-15(18)7-10-19(23)22-17-8-5-14(6-9-17)16-11-12-21-13-16/h1-6,8-9,16,21H,7,10-13H2,(H,22,23)/t16-/m0/s1. The van der Waals surface area contributed by atoms with Crippen molar-refractivity contribution in [2.24, 2.45) is 0 Å². The molecule has 3 nitrogen and oxygen atoms in total. The number of amides is 1. The van der Waals surface area contributed by atoms with Gasteiger partial charge in [0.25, 0.3) is 0 Å². The molecule has 0 radical (unpaired) electrons. The Hall–Kier alpha value is -1.84. The lowest BCUT2D eigenvalue weighted by molar-refractivity contribution is -0.116. The quantitative estimate of drug-likeness (QED) is 0.871. The first kappa shape index (κ1) is 16.0. The fourth-order valence-corrected chi connectivity index (χ4v) is 3.18. The van der Waals surface area contributed by atoms with Gasteiger partial charge in [-0.3, -0.25) is 4.79 Å². The normalized spacial score (nSPS) is 17.2. The topological polar surface area (TPSA) is 41.1 Å². The first-order chi connectivity index (χ1) is 11.2. The van der Waals surface area contributed by atoms with Gasteiger partial charge in [0, 0.05) is 23.7 Å². The van der Waals surface area contributed by atoms with E-state index in [4.69, 9.17) is 11.6 Å². The Labute approximate surface area is 142 Å². The lowest BCUT2D eigenvalue weighted by Gasteiger charge is -2.10. The summed E-state index contributed by atoms with van der Waals surface area (Å²) in [6, 6.07) is 15.8. The molecule has 0 aliphatic carbocycles. The molecule has 2 aromatic carbocycles. The van der Waals surface area contributed by atoms with E-state index in [1.807, 2.05) is 36.4 Å². The number of rotatable bonds is 5. The second-order valence-electron chi connectivity index (χ2n) is 5.95. The molecule has 1 fully saturated rings. The largest absolute Gasteiger partial charge is 0.326 e. The highest BCUT2D eigenvalue weighted by Gasteiger charge is 2.16. The molecule has 1 atom stereocenters. The fraction of sp³-hybridized carbons (Fsp3) is 0.316. The van der Waals surface area contributed by atoms with E-state index in [0.29, 0.717) is 18.8 Å². The van der Waals surface area contributed by atoms with Crippen molar-refractivity contribution in [3.8, 4) is 0 Å². The SMILES string of the molecule is O=C(CCc1ccccc1Cl)Nc1ccc([C@H]2CCNC2)cc1. The van der Waals surface area contributed by atoms with E-state index >= 15 is 0 Å². The van der Waals surface area contributed by atoms with Crippen LogP contribution in [0.4, 0.5) is 5.69 Å². The van der Waals surface area contributed by atoms with Crippen LogP contribution in [0.15, 0.2) is 48.5 Å². The number of hydrogen-bond acceptors (Lipinski definition) is 2. The molecule has 0 bridgehead atoms. The lowest BCUT2D eigenvalue weighted by Crippen LogP contribution is -2.12. The van der Waals surface area contributed by atoms with Crippen molar-refractivity contribution in [2.45, 2.75) is 25.2 Å². The highest BCUT2D eigenvalue weighted by atomic mass is 35.5. The van der Waals surface area contributed by atoms with Crippen LogP contribution in [0, 0.1) is 0 Å². The second kappa shape index (κ2) is 7.62. The Bertz CT molecular complexity index is 663. The predicted octanol–water partition coefficient (Wildman–Crippen LogP) is 3.99. The van der Waals surface area contributed by atoms with Gasteiger partial charge in [-0.15, -0.1) is 0 Å². The van der Waals surface area contributed by atoms with E-state index in [1.165, 1.54) is 12.0 Å². The molecule has 0 aromatic heterocycles. The van der Waals surface area contributed by atoms with E-state index < -0.39 is 0 Å².